The van der Waals surface area contributed by atoms with Crippen LogP contribution in [-0.2, 0) is 17.7 Å². The average molecular weight is 405 g/mol. The van der Waals surface area contributed by atoms with Crippen molar-refractivity contribution in [3.05, 3.63) is 65.2 Å². The highest BCUT2D eigenvalue weighted by Crippen LogP contribution is 2.51. The molecule has 30 heavy (non-hydrogen) atoms. The van der Waals surface area contributed by atoms with Crippen LogP contribution in [0.2, 0.25) is 0 Å². The lowest BCUT2D eigenvalue weighted by Gasteiger charge is -2.54. The lowest BCUT2D eigenvalue weighted by Crippen LogP contribution is -2.58. The minimum absolute atomic E-state index is 0.183. The molecule has 158 valence electrons. The fraction of sp³-hybridized carbons (Fsp3) is 0.500. The van der Waals surface area contributed by atoms with Crippen molar-refractivity contribution in [2.24, 2.45) is 10.8 Å². The number of benzene rings is 2. The van der Waals surface area contributed by atoms with Crippen LogP contribution < -0.4 is 4.74 Å². The van der Waals surface area contributed by atoms with Gasteiger partial charge in [0.25, 0.3) is 0 Å². The molecule has 0 N–H and O–H groups in total. The lowest BCUT2D eigenvalue weighted by molar-refractivity contribution is -0.223. The fourth-order valence-corrected chi connectivity index (χ4v) is 5.30. The van der Waals surface area contributed by atoms with Gasteiger partial charge < -0.3 is 9.47 Å². The van der Waals surface area contributed by atoms with E-state index in [9.17, 15) is 0 Å². The van der Waals surface area contributed by atoms with Crippen LogP contribution in [-0.4, -0.2) is 37.8 Å². The predicted molar refractivity (Wildman–Crippen MR) is 118 cm³/mol. The molecule has 2 aromatic carbocycles. The monoisotopic (exact) mass is 404 g/mol. The zero-order chi connectivity index (χ0) is 21.2. The molecule has 0 aliphatic carbocycles. The number of nitriles is 1. The zero-order valence-corrected chi connectivity index (χ0v) is 18.4. The Hall–Kier alpha value is -2.35. The number of ether oxygens (including phenoxy) is 2. The number of nitrogens with zero attached hydrogens (tertiary/aromatic N) is 2. The first-order chi connectivity index (χ1) is 14.4. The van der Waals surface area contributed by atoms with Crippen molar-refractivity contribution in [1.29, 1.82) is 5.26 Å². The van der Waals surface area contributed by atoms with Crippen molar-refractivity contribution in [3.8, 4) is 11.8 Å². The van der Waals surface area contributed by atoms with Crippen molar-refractivity contribution in [2.75, 3.05) is 26.8 Å². The van der Waals surface area contributed by atoms with Gasteiger partial charge in [0, 0.05) is 23.9 Å². The molecule has 0 radical (unpaired) electrons. The van der Waals surface area contributed by atoms with Gasteiger partial charge in [-0.3, -0.25) is 4.90 Å². The lowest BCUT2D eigenvalue weighted by atomic mass is 9.64. The Balaban J connectivity index is 1.46. The third kappa shape index (κ3) is 4.24. The van der Waals surface area contributed by atoms with Crippen LogP contribution in [0.25, 0.3) is 0 Å². The number of hydrogen-bond donors (Lipinski definition) is 0. The minimum atomic E-state index is 0.183. The second kappa shape index (κ2) is 8.41. The average Bonchev–Trinajstić information content (AvgIpc) is 3.15. The van der Waals surface area contributed by atoms with Gasteiger partial charge in [0.05, 0.1) is 31.5 Å². The first-order valence-corrected chi connectivity index (χ1v) is 10.9. The van der Waals surface area contributed by atoms with Crippen LogP contribution in [0.5, 0.6) is 5.75 Å². The highest BCUT2D eigenvalue weighted by Gasteiger charge is 2.55. The molecule has 2 saturated heterocycles. The fourth-order valence-electron chi connectivity index (χ4n) is 5.30. The van der Waals surface area contributed by atoms with Crippen LogP contribution in [0.15, 0.2) is 48.5 Å². The molecule has 2 atom stereocenters. The molecule has 2 fully saturated rings. The van der Waals surface area contributed by atoms with Crippen molar-refractivity contribution in [1.82, 2.24) is 4.90 Å². The van der Waals surface area contributed by atoms with E-state index in [4.69, 9.17) is 14.7 Å². The molecular formula is C26H32N2O2. The molecule has 0 saturated carbocycles. The normalized spacial score (nSPS) is 25.5. The molecule has 0 unspecified atom stereocenters. The number of aryl methyl sites for hydroxylation is 1. The van der Waals surface area contributed by atoms with Gasteiger partial charge in [-0.25, -0.2) is 0 Å². The summed E-state index contributed by atoms with van der Waals surface area (Å²) in [5.74, 6) is 0.904. The van der Waals surface area contributed by atoms with Crippen LogP contribution in [0, 0.1) is 22.2 Å². The van der Waals surface area contributed by atoms with E-state index < -0.39 is 0 Å². The number of methoxy groups -OCH3 is 1. The Morgan fingerprint density at radius 1 is 1.10 bits per heavy atom. The van der Waals surface area contributed by atoms with Gasteiger partial charge in [-0.05, 0) is 61.2 Å². The molecule has 0 bridgehead atoms. The first-order valence-electron chi connectivity index (χ1n) is 10.9. The summed E-state index contributed by atoms with van der Waals surface area (Å²) < 4.78 is 11.5. The Morgan fingerprint density at radius 3 is 2.37 bits per heavy atom. The standard InChI is InChI=1S/C26H32N2O2/c1-25(2)19-30-24(25)26(13-12-20-4-6-21(16-27)7-5-20)14-15-28(18-26)17-22-8-10-23(29-3)11-9-22/h4-11,24H,12-15,17-19H2,1-3H3/t24-,26+/m0/s1. The van der Waals surface area contributed by atoms with Crippen molar-refractivity contribution in [3.63, 3.8) is 0 Å². The summed E-state index contributed by atoms with van der Waals surface area (Å²) in [7, 11) is 1.71. The minimum Gasteiger partial charge on any atom is -0.497 e. The summed E-state index contributed by atoms with van der Waals surface area (Å²) in [6.45, 7) is 8.69. The molecule has 0 aromatic heterocycles. The van der Waals surface area contributed by atoms with E-state index in [0.29, 0.717) is 6.10 Å². The summed E-state index contributed by atoms with van der Waals surface area (Å²) in [5, 5.41) is 9.04. The third-order valence-electron chi connectivity index (χ3n) is 6.91. The Labute approximate surface area is 180 Å². The van der Waals surface area contributed by atoms with E-state index in [0.717, 1.165) is 50.4 Å². The summed E-state index contributed by atoms with van der Waals surface area (Å²) >= 11 is 0. The molecule has 0 spiro atoms. The van der Waals surface area contributed by atoms with E-state index in [1.165, 1.54) is 17.5 Å². The summed E-state index contributed by atoms with van der Waals surface area (Å²) in [5.41, 5.74) is 3.78. The van der Waals surface area contributed by atoms with Crippen molar-refractivity contribution in [2.45, 2.75) is 45.8 Å². The second-order valence-corrected chi connectivity index (χ2v) is 9.66. The summed E-state index contributed by atoms with van der Waals surface area (Å²) in [4.78, 5) is 2.58. The van der Waals surface area contributed by atoms with Gasteiger partial charge in [0.15, 0.2) is 0 Å². The van der Waals surface area contributed by atoms with Crippen LogP contribution in [0.3, 0.4) is 0 Å². The van der Waals surface area contributed by atoms with Gasteiger partial charge in [-0.2, -0.15) is 5.26 Å². The quantitative estimate of drug-likeness (QED) is 0.664. The van der Waals surface area contributed by atoms with Crippen LogP contribution >= 0.6 is 0 Å². The molecule has 4 heteroatoms. The van der Waals surface area contributed by atoms with Crippen molar-refractivity contribution < 1.29 is 9.47 Å². The van der Waals surface area contributed by atoms with E-state index in [1.54, 1.807) is 7.11 Å². The highest BCUT2D eigenvalue weighted by atomic mass is 16.5. The first kappa shape index (κ1) is 20.9. The summed E-state index contributed by atoms with van der Waals surface area (Å²) in [6.07, 6.45) is 3.63. The smallest absolute Gasteiger partial charge is 0.118 e. The van der Waals surface area contributed by atoms with Gasteiger partial charge in [-0.15, -0.1) is 0 Å². The maximum Gasteiger partial charge on any atom is 0.118 e. The summed E-state index contributed by atoms with van der Waals surface area (Å²) in [6, 6.07) is 18.7. The number of likely N-dealkylation sites (tertiary alicyclic amines) is 1. The maximum absolute atomic E-state index is 9.04. The predicted octanol–water partition coefficient (Wildman–Crippen LogP) is 4.82. The van der Waals surface area contributed by atoms with Gasteiger partial charge in [-0.1, -0.05) is 38.1 Å². The maximum atomic E-state index is 9.04. The molecule has 2 aliphatic heterocycles. The van der Waals surface area contributed by atoms with Gasteiger partial charge in [0.2, 0.25) is 0 Å². The number of hydrogen-bond acceptors (Lipinski definition) is 4. The Kier molecular flexibility index (Phi) is 5.86. The molecular weight excluding hydrogens is 372 g/mol. The molecule has 4 nitrogen and oxygen atoms in total. The largest absolute Gasteiger partial charge is 0.497 e. The van der Waals surface area contributed by atoms with E-state index >= 15 is 0 Å². The van der Waals surface area contributed by atoms with Gasteiger partial charge in [0.1, 0.15) is 5.75 Å². The Morgan fingerprint density at radius 2 is 1.80 bits per heavy atom. The van der Waals surface area contributed by atoms with Gasteiger partial charge >= 0.3 is 0 Å². The topological polar surface area (TPSA) is 45.5 Å². The van der Waals surface area contributed by atoms with Crippen molar-refractivity contribution >= 4 is 0 Å². The van der Waals surface area contributed by atoms with E-state index in [2.05, 4.69) is 49.1 Å². The Bertz CT molecular complexity index is 898. The molecule has 2 aromatic rings. The zero-order valence-electron chi connectivity index (χ0n) is 18.4. The molecule has 2 aliphatic rings. The molecule has 2 heterocycles. The molecule has 4 rings (SSSR count). The SMILES string of the molecule is COc1ccc(CN2CC[C@@](CCc3ccc(C#N)cc3)([C@H]3OCC3(C)C)C2)cc1. The molecule has 0 amide bonds. The third-order valence-corrected chi connectivity index (χ3v) is 6.91. The van der Waals surface area contributed by atoms with Crippen LogP contribution in [0.1, 0.15) is 43.4 Å². The second-order valence-electron chi connectivity index (χ2n) is 9.66. The van der Waals surface area contributed by atoms with E-state index in [-0.39, 0.29) is 10.8 Å². The van der Waals surface area contributed by atoms with Crippen LogP contribution in [0.4, 0.5) is 0 Å². The van der Waals surface area contributed by atoms with E-state index in [1.807, 2.05) is 24.3 Å². The highest BCUT2D eigenvalue weighted by molar-refractivity contribution is 5.32. The number of rotatable bonds is 7.